The molecule has 0 radical (unpaired) electrons. The van der Waals surface area contributed by atoms with E-state index in [0.717, 1.165) is 17.8 Å². The van der Waals surface area contributed by atoms with Crippen molar-refractivity contribution in [3.8, 4) is 6.19 Å². The maximum absolute atomic E-state index is 8.55. The standard InChI is InChI=1S/C12H12N4OS/c1-18-12(15-8-13)16-10-4-2-9(3-5-10)11-14-6-7-17-11/h2-5H,6-7H2,1H3,(H,15,16). The van der Waals surface area contributed by atoms with Gasteiger partial charge in [0, 0.05) is 5.56 Å². The summed E-state index contributed by atoms with van der Waals surface area (Å²) in [7, 11) is 0. The Hall–Kier alpha value is -2.00. The maximum atomic E-state index is 8.55. The molecule has 5 nitrogen and oxygen atoms in total. The zero-order chi connectivity index (χ0) is 12.8. The molecule has 18 heavy (non-hydrogen) atoms. The normalized spacial score (nSPS) is 14.7. The molecule has 0 atom stereocenters. The number of nitrogens with zero attached hydrogens (tertiary/aromatic N) is 3. The SMILES string of the molecule is CSC(=Nc1ccc(C2=NCCO2)cc1)NC#N. The first-order chi connectivity index (χ1) is 8.83. The smallest absolute Gasteiger partial charge is 0.216 e. The number of nitrogens with one attached hydrogen (secondary N) is 1. The lowest BCUT2D eigenvalue weighted by Crippen LogP contribution is -2.12. The molecule has 1 aliphatic rings. The van der Waals surface area contributed by atoms with Crippen LogP contribution in [0, 0.1) is 11.5 Å². The molecule has 0 fully saturated rings. The second kappa shape index (κ2) is 6.07. The topological polar surface area (TPSA) is 69.8 Å². The van der Waals surface area contributed by atoms with E-state index in [9.17, 15) is 0 Å². The molecule has 6 heteroatoms. The van der Waals surface area contributed by atoms with Crippen molar-refractivity contribution in [2.45, 2.75) is 0 Å². The molecule has 0 spiro atoms. The first-order valence-electron chi connectivity index (χ1n) is 5.39. The minimum absolute atomic E-state index is 0.569. The fraction of sp³-hybridized carbons (Fsp3) is 0.250. The summed E-state index contributed by atoms with van der Waals surface area (Å²) in [6, 6.07) is 7.56. The lowest BCUT2D eigenvalue weighted by Gasteiger charge is -2.03. The first kappa shape index (κ1) is 12.5. The molecule has 92 valence electrons. The van der Waals surface area contributed by atoms with Gasteiger partial charge in [-0.15, -0.1) is 0 Å². The Bertz CT molecular complexity index is 516. The molecule has 1 aromatic rings. The summed E-state index contributed by atoms with van der Waals surface area (Å²) in [6.45, 7) is 1.37. The number of ether oxygens (including phenoxy) is 1. The lowest BCUT2D eigenvalue weighted by molar-refractivity contribution is 0.348. The van der Waals surface area contributed by atoms with Gasteiger partial charge >= 0.3 is 0 Å². The summed E-state index contributed by atoms with van der Waals surface area (Å²) in [4.78, 5) is 8.54. The van der Waals surface area contributed by atoms with Crippen molar-refractivity contribution in [3.63, 3.8) is 0 Å². The van der Waals surface area contributed by atoms with E-state index in [0.29, 0.717) is 17.7 Å². The van der Waals surface area contributed by atoms with E-state index in [2.05, 4.69) is 15.3 Å². The van der Waals surface area contributed by atoms with Crippen molar-refractivity contribution in [1.82, 2.24) is 5.32 Å². The van der Waals surface area contributed by atoms with Crippen LogP contribution in [-0.2, 0) is 4.74 Å². The third kappa shape index (κ3) is 3.02. The van der Waals surface area contributed by atoms with Crippen LogP contribution in [0.5, 0.6) is 0 Å². The van der Waals surface area contributed by atoms with Crippen LogP contribution < -0.4 is 5.32 Å². The third-order valence-electron chi connectivity index (χ3n) is 2.29. The Kier molecular flexibility index (Phi) is 4.20. The number of rotatable bonds is 2. The Morgan fingerprint density at radius 1 is 1.50 bits per heavy atom. The maximum Gasteiger partial charge on any atom is 0.216 e. The van der Waals surface area contributed by atoms with E-state index in [-0.39, 0.29) is 0 Å². The van der Waals surface area contributed by atoms with Crippen LogP contribution >= 0.6 is 11.8 Å². The highest BCUT2D eigenvalue weighted by atomic mass is 32.2. The van der Waals surface area contributed by atoms with Crippen LogP contribution in [-0.4, -0.2) is 30.5 Å². The molecule has 1 N–H and O–H groups in total. The van der Waals surface area contributed by atoms with Crippen molar-refractivity contribution >= 4 is 28.5 Å². The van der Waals surface area contributed by atoms with Crippen molar-refractivity contribution in [1.29, 1.82) is 5.26 Å². The van der Waals surface area contributed by atoms with Crippen molar-refractivity contribution in [3.05, 3.63) is 29.8 Å². The number of benzene rings is 1. The summed E-state index contributed by atoms with van der Waals surface area (Å²) in [5.41, 5.74) is 1.73. The van der Waals surface area contributed by atoms with E-state index in [1.54, 1.807) is 0 Å². The molecule has 0 saturated carbocycles. The van der Waals surface area contributed by atoms with Gasteiger partial charge in [-0.3, -0.25) is 5.32 Å². The quantitative estimate of drug-likeness (QED) is 0.381. The highest BCUT2D eigenvalue weighted by molar-refractivity contribution is 8.13. The molecule has 0 saturated heterocycles. The fourth-order valence-electron chi connectivity index (χ4n) is 1.48. The third-order valence-corrected chi connectivity index (χ3v) is 2.87. The number of amidine groups is 1. The van der Waals surface area contributed by atoms with Gasteiger partial charge in [-0.2, -0.15) is 5.26 Å². The predicted octanol–water partition coefficient (Wildman–Crippen LogP) is 1.88. The summed E-state index contributed by atoms with van der Waals surface area (Å²) < 4.78 is 5.37. The predicted molar refractivity (Wildman–Crippen MR) is 73.2 cm³/mol. The average Bonchev–Trinajstić information content (AvgIpc) is 2.93. The van der Waals surface area contributed by atoms with Gasteiger partial charge in [0.15, 0.2) is 11.4 Å². The molecule has 0 unspecified atom stereocenters. The first-order valence-corrected chi connectivity index (χ1v) is 6.61. The average molecular weight is 260 g/mol. The van der Waals surface area contributed by atoms with E-state index < -0.39 is 0 Å². The monoisotopic (exact) mass is 260 g/mol. The summed E-state index contributed by atoms with van der Waals surface area (Å²) >= 11 is 1.39. The largest absolute Gasteiger partial charge is 0.476 e. The molecule has 0 bridgehead atoms. The molecule has 0 aromatic heterocycles. The van der Waals surface area contributed by atoms with Crippen molar-refractivity contribution in [2.24, 2.45) is 9.98 Å². The summed E-state index contributed by atoms with van der Waals surface area (Å²) in [6.07, 6.45) is 3.71. The van der Waals surface area contributed by atoms with Crippen LogP contribution in [0.2, 0.25) is 0 Å². The van der Waals surface area contributed by atoms with Crippen molar-refractivity contribution < 1.29 is 4.74 Å². The van der Waals surface area contributed by atoms with Crippen LogP contribution in [0.3, 0.4) is 0 Å². The second-order valence-electron chi connectivity index (χ2n) is 3.44. The van der Waals surface area contributed by atoms with Gasteiger partial charge in [0.1, 0.15) is 6.61 Å². The van der Waals surface area contributed by atoms with Crippen molar-refractivity contribution in [2.75, 3.05) is 19.4 Å². The molecule has 2 rings (SSSR count). The molecule has 0 aliphatic carbocycles. The molecular weight excluding hydrogens is 248 g/mol. The van der Waals surface area contributed by atoms with E-state index in [1.165, 1.54) is 11.8 Å². The lowest BCUT2D eigenvalue weighted by atomic mass is 10.2. The molecular formula is C12H12N4OS. The minimum Gasteiger partial charge on any atom is -0.476 e. The van der Waals surface area contributed by atoms with Gasteiger partial charge in [0.25, 0.3) is 0 Å². The molecule has 1 heterocycles. The number of thioether (sulfide) groups is 1. The fourth-order valence-corrected chi connectivity index (χ4v) is 1.82. The zero-order valence-corrected chi connectivity index (χ0v) is 10.7. The highest BCUT2D eigenvalue weighted by Crippen LogP contribution is 2.16. The van der Waals surface area contributed by atoms with Gasteiger partial charge in [0.2, 0.25) is 5.90 Å². The summed E-state index contributed by atoms with van der Waals surface area (Å²) in [5.74, 6) is 0.686. The van der Waals surface area contributed by atoms with Gasteiger partial charge in [-0.05, 0) is 30.5 Å². The molecule has 1 aliphatic heterocycles. The second-order valence-corrected chi connectivity index (χ2v) is 4.24. The van der Waals surface area contributed by atoms with Crippen LogP contribution in [0.1, 0.15) is 5.56 Å². The Morgan fingerprint density at radius 2 is 2.28 bits per heavy atom. The van der Waals surface area contributed by atoms with Crippen LogP contribution in [0.15, 0.2) is 34.3 Å². The number of nitriles is 1. The minimum atomic E-state index is 0.569. The van der Waals surface area contributed by atoms with Gasteiger partial charge in [-0.1, -0.05) is 11.8 Å². The van der Waals surface area contributed by atoms with Gasteiger partial charge in [0.05, 0.1) is 12.2 Å². The van der Waals surface area contributed by atoms with Crippen LogP contribution in [0.25, 0.3) is 0 Å². The summed E-state index contributed by atoms with van der Waals surface area (Å²) in [5, 5.41) is 11.6. The van der Waals surface area contributed by atoms with E-state index in [4.69, 9.17) is 10.00 Å². The van der Waals surface area contributed by atoms with Gasteiger partial charge < -0.3 is 4.74 Å². The Morgan fingerprint density at radius 3 is 2.83 bits per heavy atom. The highest BCUT2D eigenvalue weighted by Gasteiger charge is 2.09. The van der Waals surface area contributed by atoms with E-state index in [1.807, 2.05) is 36.7 Å². The number of hydrogen-bond donors (Lipinski definition) is 1. The zero-order valence-electron chi connectivity index (χ0n) is 9.88. The Labute approximate surface area is 110 Å². The van der Waals surface area contributed by atoms with Crippen LogP contribution in [0.4, 0.5) is 5.69 Å². The van der Waals surface area contributed by atoms with Gasteiger partial charge in [-0.25, -0.2) is 9.98 Å². The number of aliphatic imine (C=N–C) groups is 2. The molecule has 0 amide bonds. The Balaban J connectivity index is 2.14. The molecule has 1 aromatic carbocycles. The number of hydrogen-bond acceptors (Lipinski definition) is 5. The van der Waals surface area contributed by atoms with E-state index >= 15 is 0 Å².